The van der Waals surface area contributed by atoms with Crippen LogP contribution in [0.1, 0.15) is 0 Å². The predicted octanol–water partition coefficient (Wildman–Crippen LogP) is -0.487. The zero-order chi connectivity index (χ0) is 14.9. The third kappa shape index (κ3) is 4.27. The fourth-order valence-corrected chi connectivity index (χ4v) is 3.52. The summed E-state index contributed by atoms with van der Waals surface area (Å²) < 4.78 is 90.1. The van der Waals surface area contributed by atoms with Gasteiger partial charge in [0.2, 0.25) is 10.0 Å². The number of hydrogen-bond acceptors (Lipinski definition) is 6. The maximum atomic E-state index is 12.2. The van der Waals surface area contributed by atoms with Gasteiger partial charge in [0.25, 0.3) is 0 Å². The first-order valence-corrected chi connectivity index (χ1v) is 8.01. The maximum absolute atomic E-state index is 12.2. The summed E-state index contributed by atoms with van der Waals surface area (Å²) in [5.41, 5.74) is -5.67. The average Bonchev–Trinajstić information content (AvgIpc) is 3.05. The van der Waals surface area contributed by atoms with Gasteiger partial charge in [-0.1, -0.05) is 3.71 Å². The molecule has 0 spiro atoms. The molecule has 0 saturated carbocycles. The van der Waals surface area contributed by atoms with Crippen molar-refractivity contribution >= 4 is 20.0 Å². The molecule has 0 aromatic heterocycles. The third-order valence-corrected chi connectivity index (χ3v) is 6.21. The van der Waals surface area contributed by atoms with Crippen LogP contribution in [-0.4, -0.2) is 64.8 Å². The molecule has 0 bridgehead atoms. The minimum Gasteiger partial charge on any atom is -0.378 e. The molecule has 1 unspecified atom stereocenters. The third-order valence-electron chi connectivity index (χ3n) is 2.21. The number of halogens is 3. The molecule has 114 valence electrons. The van der Waals surface area contributed by atoms with Crippen LogP contribution in [-0.2, 0) is 29.5 Å². The Labute approximate surface area is 108 Å². The zero-order valence-corrected chi connectivity index (χ0v) is 11.4. The molecule has 0 N–H and O–H groups in total. The first kappa shape index (κ1) is 16.6. The zero-order valence-electron chi connectivity index (χ0n) is 9.75. The molecule has 7 nitrogen and oxygen atoms in total. The van der Waals surface area contributed by atoms with Crippen LogP contribution in [0.2, 0.25) is 0 Å². The quantitative estimate of drug-likeness (QED) is 0.463. The Morgan fingerprint density at radius 2 is 1.84 bits per heavy atom. The highest BCUT2D eigenvalue weighted by molar-refractivity contribution is 8.04. The van der Waals surface area contributed by atoms with E-state index in [9.17, 15) is 30.0 Å². The highest BCUT2D eigenvalue weighted by Crippen LogP contribution is 2.27. The summed E-state index contributed by atoms with van der Waals surface area (Å²) in [5, 5.41) is 0. The van der Waals surface area contributed by atoms with E-state index in [0.29, 0.717) is 13.7 Å². The molecule has 1 saturated heterocycles. The minimum atomic E-state index is -5.91. The Hall–Kier alpha value is -0.430. The first-order chi connectivity index (χ1) is 8.48. The highest BCUT2D eigenvalue weighted by atomic mass is 32.3. The topological polar surface area (TPSA) is 93.3 Å². The van der Waals surface area contributed by atoms with Gasteiger partial charge in [-0.25, -0.2) is 16.8 Å². The van der Waals surface area contributed by atoms with Gasteiger partial charge in [0.15, 0.2) is 0 Å². The number of ether oxygens (including phenoxy) is 2. The number of sulfonamides is 2. The Bertz CT molecular complexity index is 509. The standard InChI is InChI=1S/C7H12F3NO6S2/c1-11(19(14,15)7(8,9)10)18(12,13)3-2-16-4-6-5-17-6/h6H,2-5H2,1H3. The number of alkyl halides is 3. The van der Waals surface area contributed by atoms with E-state index < -0.39 is 41.6 Å². The summed E-state index contributed by atoms with van der Waals surface area (Å²) in [6.45, 7) is 0.181. The van der Waals surface area contributed by atoms with Crippen molar-refractivity contribution < 1.29 is 39.5 Å². The van der Waals surface area contributed by atoms with Gasteiger partial charge < -0.3 is 9.47 Å². The lowest BCUT2D eigenvalue weighted by atomic mass is 10.5. The smallest absolute Gasteiger partial charge is 0.378 e. The highest BCUT2D eigenvalue weighted by Gasteiger charge is 2.52. The van der Waals surface area contributed by atoms with Gasteiger partial charge in [0, 0.05) is 7.05 Å². The van der Waals surface area contributed by atoms with Crippen molar-refractivity contribution in [1.29, 1.82) is 0 Å². The van der Waals surface area contributed by atoms with Crippen molar-refractivity contribution in [1.82, 2.24) is 3.71 Å². The lowest BCUT2D eigenvalue weighted by Crippen LogP contribution is -2.43. The monoisotopic (exact) mass is 327 g/mol. The molecule has 0 radical (unpaired) electrons. The van der Waals surface area contributed by atoms with Gasteiger partial charge in [-0.05, 0) is 0 Å². The van der Waals surface area contributed by atoms with E-state index in [1.165, 1.54) is 0 Å². The first-order valence-electron chi connectivity index (χ1n) is 4.96. The van der Waals surface area contributed by atoms with Crippen LogP contribution in [0.3, 0.4) is 0 Å². The van der Waals surface area contributed by atoms with Gasteiger partial charge in [-0.15, -0.1) is 0 Å². The molecular formula is C7H12F3NO6S2. The van der Waals surface area contributed by atoms with E-state index in [-0.39, 0.29) is 12.7 Å². The van der Waals surface area contributed by atoms with Crippen LogP contribution in [0.5, 0.6) is 0 Å². The van der Waals surface area contributed by atoms with Crippen molar-refractivity contribution in [3.05, 3.63) is 0 Å². The molecule has 0 amide bonds. The van der Waals surface area contributed by atoms with Crippen LogP contribution >= 0.6 is 0 Å². The van der Waals surface area contributed by atoms with Gasteiger partial charge >= 0.3 is 15.5 Å². The Morgan fingerprint density at radius 1 is 1.32 bits per heavy atom. The van der Waals surface area contributed by atoms with Crippen molar-refractivity contribution in [2.24, 2.45) is 0 Å². The van der Waals surface area contributed by atoms with Crippen molar-refractivity contribution in [2.45, 2.75) is 11.6 Å². The second-order valence-corrected chi connectivity index (χ2v) is 7.99. The molecule has 19 heavy (non-hydrogen) atoms. The van der Waals surface area contributed by atoms with Gasteiger partial charge in [0.1, 0.15) is 6.10 Å². The Balaban J connectivity index is 2.60. The van der Waals surface area contributed by atoms with E-state index in [2.05, 4.69) is 0 Å². The molecule has 0 aliphatic carbocycles. The van der Waals surface area contributed by atoms with E-state index in [4.69, 9.17) is 9.47 Å². The molecule has 1 rings (SSSR count). The summed E-state index contributed by atoms with van der Waals surface area (Å²) in [6, 6.07) is 0. The van der Waals surface area contributed by atoms with Crippen LogP contribution in [0.4, 0.5) is 13.2 Å². The van der Waals surface area contributed by atoms with E-state index >= 15 is 0 Å². The molecule has 0 aromatic carbocycles. The van der Waals surface area contributed by atoms with Crippen LogP contribution in [0, 0.1) is 0 Å². The molecule has 1 aliphatic heterocycles. The second-order valence-electron chi connectivity index (χ2n) is 3.68. The van der Waals surface area contributed by atoms with Gasteiger partial charge in [0.05, 0.1) is 25.6 Å². The summed E-state index contributed by atoms with van der Waals surface area (Å²) in [5.74, 6) is -0.870. The van der Waals surface area contributed by atoms with E-state index in [0.717, 1.165) is 0 Å². The van der Waals surface area contributed by atoms with Crippen LogP contribution < -0.4 is 0 Å². The predicted molar refractivity (Wildman–Crippen MR) is 57.1 cm³/mol. The van der Waals surface area contributed by atoms with Gasteiger partial charge in [-0.3, -0.25) is 0 Å². The molecule has 1 aliphatic rings. The number of nitrogens with zero attached hydrogens (tertiary/aromatic N) is 1. The fraction of sp³-hybridized carbons (Fsp3) is 1.00. The largest absolute Gasteiger partial charge is 0.512 e. The van der Waals surface area contributed by atoms with Crippen molar-refractivity contribution in [2.75, 3.05) is 32.6 Å². The number of rotatable bonds is 7. The molecule has 1 atom stereocenters. The fourth-order valence-electron chi connectivity index (χ4n) is 0.967. The minimum absolute atomic E-state index is 0.116. The normalized spacial score (nSPS) is 20.8. The summed E-state index contributed by atoms with van der Waals surface area (Å²) >= 11 is 0. The molecular weight excluding hydrogens is 315 g/mol. The van der Waals surface area contributed by atoms with Crippen molar-refractivity contribution in [3.63, 3.8) is 0 Å². The molecule has 0 aromatic rings. The summed E-state index contributed by atoms with van der Waals surface area (Å²) in [4.78, 5) is 0. The number of epoxide rings is 1. The number of hydrogen-bond donors (Lipinski definition) is 0. The van der Waals surface area contributed by atoms with E-state index in [1.54, 1.807) is 0 Å². The lowest BCUT2D eigenvalue weighted by Gasteiger charge is -2.18. The average molecular weight is 327 g/mol. The lowest BCUT2D eigenvalue weighted by molar-refractivity contribution is -0.0465. The summed E-state index contributed by atoms with van der Waals surface area (Å²) in [6.07, 6.45) is -0.126. The Kier molecular flexibility index (Phi) is 4.83. The van der Waals surface area contributed by atoms with Gasteiger partial charge in [-0.2, -0.15) is 13.2 Å². The van der Waals surface area contributed by atoms with Crippen LogP contribution in [0.25, 0.3) is 0 Å². The summed E-state index contributed by atoms with van der Waals surface area (Å²) in [7, 11) is -10.2. The molecule has 12 heteroatoms. The Morgan fingerprint density at radius 3 is 2.26 bits per heavy atom. The van der Waals surface area contributed by atoms with Crippen molar-refractivity contribution in [3.8, 4) is 0 Å². The molecule has 1 fully saturated rings. The van der Waals surface area contributed by atoms with Crippen LogP contribution in [0.15, 0.2) is 0 Å². The SMILES string of the molecule is CN(S(=O)(=O)CCOCC1CO1)S(=O)(=O)C(F)(F)F. The molecule has 1 heterocycles. The maximum Gasteiger partial charge on any atom is 0.512 e. The second kappa shape index (κ2) is 5.52. The van der Waals surface area contributed by atoms with E-state index in [1.807, 2.05) is 0 Å².